The first-order valence-corrected chi connectivity index (χ1v) is 15.6. The second-order valence-corrected chi connectivity index (χ2v) is 13.5. The Labute approximate surface area is 263 Å². The number of aromatic nitrogens is 4. The lowest BCUT2D eigenvalue weighted by atomic mass is 9.84. The number of aliphatic hydroxyl groups is 1. The largest absolute Gasteiger partial charge is 0.387 e. The van der Waals surface area contributed by atoms with Crippen LogP contribution in [0.2, 0.25) is 0 Å². The van der Waals surface area contributed by atoms with Crippen LogP contribution in [-0.2, 0) is 28.5 Å². The zero-order valence-electron chi connectivity index (χ0n) is 25.4. The van der Waals surface area contributed by atoms with E-state index in [2.05, 4.69) is 15.0 Å². The molecule has 17 heteroatoms. The molecular weight excluding hydrogens is 624 g/mol. The molecule has 1 fully saturated rings. The van der Waals surface area contributed by atoms with Crippen LogP contribution in [0.25, 0.3) is 11.2 Å². The molecule has 2 aromatic heterocycles. The van der Waals surface area contributed by atoms with Crippen molar-refractivity contribution in [2.75, 3.05) is 19.1 Å². The van der Waals surface area contributed by atoms with E-state index >= 15 is 0 Å². The number of anilines is 1. The Morgan fingerprint density at radius 2 is 1.89 bits per heavy atom. The van der Waals surface area contributed by atoms with Crippen molar-refractivity contribution in [2.24, 2.45) is 5.41 Å². The van der Waals surface area contributed by atoms with Gasteiger partial charge in [0.2, 0.25) is 5.95 Å². The van der Waals surface area contributed by atoms with Crippen LogP contribution in [0.1, 0.15) is 44.2 Å². The molecule has 5 rings (SSSR count). The van der Waals surface area contributed by atoms with E-state index in [0.29, 0.717) is 5.56 Å². The second kappa shape index (κ2) is 12.9. The van der Waals surface area contributed by atoms with E-state index in [9.17, 15) is 28.4 Å². The molecule has 2 unspecified atom stereocenters. The average molecular weight is 659 g/mol. The van der Waals surface area contributed by atoms with Crippen LogP contribution >= 0.6 is 0 Å². The maximum atomic E-state index is 12.9. The summed E-state index contributed by atoms with van der Waals surface area (Å²) in [6.45, 7) is 6.30. The lowest BCUT2D eigenvalue weighted by Gasteiger charge is -2.31. The third-order valence-electron chi connectivity index (χ3n) is 7.43. The number of nitrogens with one attached hydrogen (secondary N) is 1. The van der Waals surface area contributed by atoms with E-state index in [-0.39, 0.29) is 27.7 Å². The number of imidazole rings is 1. The minimum absolute atomic E-state index is 0.0225. The van der Waals surface area contributed by atoms with Crippen molar-refractivity contribution in [1.82, 2.24) is 19.5 Å². The summed E-state index contributed by atoms with van der Waals surface area (Å²) in [5.41, 5.74) is 5.55. The van der Waals surface area contributed by atoms with Gasteiger partial charge in [0, 0.05) is 6.07 Å². The van der Waals surface area contributed by atoms with Gasteiger partial charge in [0.15, 0.2) is 17.4 Å². The fourth-order valence-electron chi connectivity index (χ4n) is 5.19. The molecule has 1 aliphatic rings. The number of fused-ring (bicyclic) bond motifs is 1. The van der Waals surface area contributed by atoms with E-state index in [0.717, 1.165) is 5.56 Å². The van der Waals surface area contributed by atoms with Gasteiger partial charge in [-0.1, -0.05) is 50.6 Å². The van der Waals surface area contributed by atoms with Gasteiger partial charge in [-0.3, -0.25) is 28.6 Å². The van der Waals surface area contributed by atoms with E-state index in [1.54, 1.807) is 30.3 Å². The molecule has 0 saturated carbocycles. The first kappa shape index (κ1) is 33.1. The number of aliphatic hydroxyl groups excluding tert-OH is 1. The highest BCUT2D eigenvalue weighted by atomic mass is 32.2. The Bertz CT molecular complexity index is 1890. The Hall–Kier alpha value is -4.26. The quantitative estimate of drug-likeness (QED) is 0.0913. The molecule has 0 spiro atoms. The number of aromatic amines is 1. The van der Waals surface area contributed by atoms with Gasteiger partial charge in [-0.15, -0.1) is 0 Å². The van der Waals surface area contributed by atoms with Crippen molar-refractivity contribution in [3.63, 3.8) is 0 Å². The number of hydrogen-bond acceptors (Lipinski definition) is 13. The number of nitrogens with two attached hydrogens (primary N) is 1. The summed E-state index contributed by atoms with van der Waals surface area (Å²) in [5.74, 6) is -0.194. The molecule has 0 amide bonds. The number of benzene rings is 2. The fraction of sp³-hybridized carbons (Fsp3) is 0.414. The number of rotatable bonds is 11. The fourth-order valence-corrected chi connectivity index (χ4v) is 6.11. The summed E-state index contributed by atoms with van der Waals surface area (Å²) in [6, 6.07) is 12.2. The van der Waals surface area contributed by atoms with Gasteiger partial charge in [-0.05, 0) is 30.5 Å². The predicted octanol–water partition coefficient (Wildman–Crippen LogP) is 2.73. The highest BCUT2D eigenvalue weighted by Gasteiger charge is 2.47. The topological polar surface area (TPSA) is 224 Å². The van der Waals surface area contributed by atoms with E-state index < -0.39 is 70.1 Å². The molecule has 0 radical (unpaired) electrons. The van der Waals surface area contributed by atoms with Crippen molar-refractivity contribution in [3.05, 3.63) is 86.5 Å². The van der Waals surface area contributed by atoms with Gasteiger partial charge in [0.05, 0.1) is 34.4 Å². The number of para-hydroxylation sites is 1. The standard InChI is InChI=1S/C29H34N6O10S/c1-16-9-11-17(12-10-16)46(40,41)44-13-20-22(36)23(27(45-20)34-14-31-21-25(34)32-28(30)33-26(21)37)42-15-43-24(29(2,3)4)18-7-5-6-8-19(18)35(38)39/h5-12,14,20,22-24,27,36H,13,15H2,1-4H3,(H3,30,32,33,37)/t20-,22?,23+,24?,27-/m1/s1. The van der Waals surface area contributed by atoms with Crippen molar-refractivity contribution in [2.45, 2.75) is 63.2 Å². The van der Waals surface area contributed by atoms with Gasteiger partial charge in [-0.25, -0.2) is 4.98 Å². The highest BCUT2D eigenvalue weighted by molar-refractivity contribution is 7.86. The van der Waals surface area contributed by atoms with Gasteiger partial charge in [-0.2, -0.15) is 13.4 Å². The number of nitrogens with zero attached hydrogens (tertiary/aromatic N) is 4. The zero-order valence-corrected chi connectivity index (χ0v) is 26.2. The minimum Gasteiger partial charge on any atom is -0.387 e. The second-order valence-electron chi connectivity index (χ2n) is 11.9. The predicted molar refractivity (Wildman–Crippen MR) is 163 cm³/mol. The summed E-state index contributed by atoms with van der Waals surface area (Å²) in [4.78, 5) is 34.2. The number of H-pyrrole nitrogens is 1. The first-order valence-electron chi connectivity index (χ1n) is 14.2. The van der Waals surface area contributed by atoms with Crippen molar-refractivity contribution in [1.29, 1.82) is 0 Å². The van der Waals surface area contributed by atoms with Crippen LogP contribution in [0, 0.1) is 22.5 Å². The molecule has 0 aliphatic carbocycles. The molecule has 3 heterocycles. The number of ether oxygens (including phenoxy) is 3. The summed E-state index contributed by atoms with van der Waals surface area (Å²) in [6.07, 6.45) is -4.70. The Morgan fingerprint density at radius 3 is 2.57 bits per heavy atom. The molecule has 4 N–H and O–H groups in total. The van der Waals surface area contributed by atoms with Gasteiger partial charge in [0.1, 0.15) is 25.1 Å². The van der Waals surface area contributed by atoms with Crippen LogP contribution in [0.3, 0.4) is 0 Å². The van der Waals surface area contributed by atoms with Crippen LogP contribution in [0.15, 0.2) is 64.5 Å². The molecule has 246 valence electrons. The van der Waals surface area contributed by atoms with Crippen LogP contribution in [0.5, 0.6) is 0 Å². The summed E-state index contributed by atoms with van der Waals surface area (Å²) in [5, 5.41) is 23.1. The Balaban J connectivity index is 1.41. The summed E-state index contributed by atoms with van der Waals surface area (Å²) < 4.78 is 50.4. The normalized spacial score (nSPS) is 21.1. The van der Waals surface area contributed by atoms with E-state index in [1.807, 2.05) is 27.7 Å². The molecular formula is C29H34N6O10S. The molecule has 16 nitrogen and oxygen atoms in total. The van der Waals surface area contributed by atoms with Gasteiger partial charge in [0.25, 0.3) is 21.4 Å². The number of hydrogen-bond donors (Lipinski definition) is 3. The molecule has 46 heavy (non-hydrogen) atoms. The molecule has 2 aromatic carbocycles. The number of aryl methyl sites for hydroxylation is 1. The molecule has 1 saturated heterocycles. The lowest BCUT2D eigenvalue weighted by Crippen LogP contribution is -2.37. The summed E-state index contributed by atoms with van der Waals surface area (Å²) in [7, 11) is -4.21. The number of nitrogen functional groups attached to an aromatic ring is 1. The van der Waals surface area contributed by atoms with Crippen LogP contribution in [0.4, 0.5) is 11.6 Å². The molecule has 1 aliphatic heterocycles. The number of nitro benzene ring substituents is 1. The number of nitro groups is 1. The van der Waals surface area contributed by atoms with Gasteiger partial charge >= 0.3 is 0 Å². The van der Waals surface area contributed by atoms with E-state index in [4.69, 9.17) is 24.1 Å². The van der Waals surface area contributed by atoms with Crippen molar-refractivity contribution >= 4 is 32.9 Å². The van der Waals surface area contributed by atoms with Crippen LogP contribution < -0.4 is 11.3 Å². The van der Waals surface area contributed by atoms with Gasteiger partial charge < -0.3 is 25.1 Å². The SMILES string of the molecule is Cc1ccc(S(=O)(=O)OC[C@H]2O[C@@H](n3cnc4c(=O)[nH]c(N)nc43)[C@@H](OCOC(c3ccccc3[N+](=O)[O-])C(C)(C)C)C2O)cc1. The maximum absolute atomic E-state index is 12.9. The molecule has 4 aromatic rings. The van der Waals surface area contributed by atoms with Crippen molar-refractivity contribution < 1.29 is 36.8 Å². The third kappa shape index (κ3) is 6.79. The Morgan fingerprint density at radius 1 is 1.20 bits per heavy atom. The third-order valence-corrected chi connectivity index (χ3v) is 8.73. The van der Waals surface area contributed by atoms with Crippen LogP contribution in [-0.4, -0.2) is 69.7 Å². The lowest BCUT2D eigenvalue weighted by molar-refractivity contribution is -0.386. The average Bonchev–Trinajstić information content (AvgIpc) is 3.54. The summed E-state index contributed by atoms with van der Waals surface area (Å²) >= 11 is 0. The van der Waals surface area contributed by atoms with Crippen molar-refractivity contribution in [3.8, 4) is 0 Å². The first-order chi connectivity index (χ1) is 21.7. The highest BCUT2D eigenvalue weighted by Crippen LogP contribution is 2.41. The monoisotopic (exact) mass is 658 g/mol. The minimum atomic E-state index is -4.21. The zero-order chi connectivity index (χ0) is 33.4. The Kier molecular flexibility index (Phi) is 9.26. The maximum Gasteiger partial charge on any atom is 0.297 e. The smallest absolute Gasteiger partial charge is 0.297 e. The van der Waals surface area contributed by atoms with E-state index in [1.165, 1.54) is 29.1 Å². The molecule has 0 bridgehead atoms. The molecule has 5 atom stereocenters.